The van der Waals surface area contributed by atoms with E-state index in [4.69, 9.17) is 5.11 Å². The fraction of sp³-hybridized carbons (Fsp3) is 0.308. The van der Waals surface area contributed by atoms with Crippen molar-refractivity contribution in [1.29, 1.82) is 0 Å². The predicted octanol–water partition coefficient (Wildman–Crippen LogP) is 2.69. The first kappa shape index (κ1) is 14.9. The number of ether oxygens (including phenoxy) is 1. The quantitative estimate of drug-likeness (QED) is 0.918. The number of aromatic nitrogens is 3. The van der Waals surface area contributed by atoms with Crippen molar-refractivity contribution in [2.24, 2.45) is 0 Å². The maximum Gasteiger partial charge on any atom is 0.387 e. The zero-order chi connectivity index (χ0) is 15.6. The van der Waals surface area contributed by atoms with Crippen molar-refractivity contribution in [2.75, 3.05) is 0 Å². The zero-order valence-electron chi connectivity index (χ0n) is 11.3. The van der Waals surface area contributed by atoms with E-state index in [1.165, 1.54) is 22.9 Å². The third-order valence-corrected chi connectivity index (χ3v) is 2.76. The highest BCUT2D eigenvalue weighted by Gasteiger charge is 2.24. The molecule has 0 unspecified atom stereocenters. The molecule has 2 aromatic rings. The first-order valence-electron chi connectivity index (χ1n) is 6.15. The lowest BCUT2D eigenvalue weighted by atomic mass is 10.1. The average molecular weight is 297 g/mol. The monoisotopic (exact) mass is 297 g/mol. The van der Waals surface area contributed by atoms with Gasteiger partial charge in [-0.2, -0.15) is 8.78 Å². The lowest BCUT2D eigenvalue weighted by Gasteiger charge is -2.13. The smallest absolute Gasteiger partial charge is 0.387 e. The number of carboxylic acids is 1. The Balaban J connectivity index is 2.60. The van der Waals surface area contributed by atoms with E-state index in [0.29, 0.717) is 5.69 Å². The zero-order valence-corrected chi connectivity index (χ0v) is 11.3. The summed E-state index contributed by atoms with van der Waals surface area (Å²) in [7, 11) is 0. The Hall–Kier alpha value is -2.51. The van der Waals surface area contributed by atoms with E-state index < -0.39 is 12.6 Å². The van der Waals surface area contributed by atoms with Crippen LogP contribution in [0.2, 0.25) is 0 Å². The molecule has 1 heterocycles. The molecule has 8 heteroatoms. The van der Waals surface area contributed by atoms with Crippen LogP contribution in [0.5, 0.6) is 5.75 Å². The van der Waals surface area contributed by atoms with Crippen LogP contribution in [0.3, 0.4) is 0 Å². The van der Waals surface area contributed by atoms with Crippen molar-refractivity contribution in [3.05, 3.63) is 35.7 Å². The van der Waals surface area contributed by atoms with Gasteiger partial charge in [0.2, 0.25) is 0 Å². The van der Waals surface area contributed by atoms with E-state index in [2.05, 4.69) is 15.0 Å². The minimum atomic E-state index is -2.99. The van der Waals surface area contributed by atoms with Crippen molar-refractivity contribution in [2.45, 2.75) is 26.4 Å². The van der Waals surface area contributed by atoms with Gasteiger partial charge in [-0.1, -0.05) is 31.2 Å². The predicted molar refractivity (Wildman–Crippen MR) is 69.0 cm³/mol. The molecular weight excluding hydrogens is 284 g/mol. The van der Waals surface area contributed by atoms with Gasteiger partial charge in [-0.3, -0.25) is 0 Å². The molecule has 1 aromatic carbocycles. The molecule has 0 aliphatic carbocycles. The number of aromatic carboxylic acids is 1. The van der Waals surface area contributed by atoms with Gasteiger partial charge in [-0.05, 0) is 18.1 Å². The summed E-state index contributed by atoms with van der Waals surface area (Å²) >= 11 is 0. The number of halogens is 2. The van der Waals surface area contributed by atoms with Crippen molar-refractivity contribution >= 4 is 5.97 Å². The van der Waals surface area contributed by atoms with Crippen LogP contribution in [0.25, 0.3) is 5.69 Å². The largest absolute Gasteiger partial charge is 0.476 e. The number of hydrogen-bond acceptors (Lipinski definition) is 4. The van der Waals surface area contributed by atoms with Crippen LogP contribution in [0.4, 0.5) is 8.78 Å². The molecule has 21 heavy (non-hydrogen) atoms. The number of para-hydroxylation sites is 2. The van der Waals surface area contributed by atoms with Crippen LogP contribution in [0.1, 0.15) is 35.9 Å². The Bertz CT molecular complexity index is 656. The summed E-state index contributed by atoms with van der Waals surface area (Å²) in [4.78, 5) is 11.2. The van der Waals surface area contributed by atoms with E-state index in [1.54, 1.807) is 19.9 Å². The molecular formula is C13H13F2N3O3. The van der Waals surface area contributed by atoms with E-state index >= 15 is 0 Å². The Morgan fingerprint density at radius 3 is 2.57 bits per heavy atom. The molecule has 0 bridgehead atoms. The van der Waals surface area contributed by atoms with Gasteiger partial charge in [-0.25, -0.2) is 9.48 Å². The summed E-state index contributed by atoms with van der Waals surface area (Å²) in [6.07, 6.45) is 0. The third kappa shape index (κ3) is 2.99. The van der Waals surface area contributed by atoms with Gasteiger partial charge < -0.3 is 9.84 Å². The van der Waals surface area contributed by atoms with E-state index in [0.717, 1.165) is 0 Å². The number of hydrogen-bond donors (Lipinski definition) is 1. The molecule has 0 saturated heterocycles. The Morgan fingerprint density at radius 2 is 2.00 bits per heavy atom. The highest BCUT2D eigenvalue weighted by Crippen LogP contribution is 2.28. The van der Waals surface area contributed by atoms with Gasteiger partial charge in [0.25, 0.3) is 0 Å². The van der Waals surface area contributed by atoms with Crippen LogP contribution in [-0.4, -0.2) is 32.7 Å². The molecule has 0 spiro atoms. The fourth-order valence-corrected chi connectivity index (χ4v) is 1.97. The molecule has 0 saturated carbocycles. The Kier molecular flexibility index (Phi) is 4.15. The second kappa shape index (κ2) is 5.86. The molecule has 112 valence electrons. The van der Waals surface area contributed by atoms with Crippen molar-refractivity contribution in [3.63, 3.8) is 0 Å². The summed E-state index contributed by atoms with van der Waals surface area (Å²) in [6, 6.07) is 6.00. The van der Waals surface area contributed by atoms with Gasteiger partial charge in [0.15, 0.2) is 11.4 Å². The second-order valence-corrected chi connectivity index (χ2v) is 4.54. The lowest BCUT2D eigenvalue weighted by Crippen LogP contribution is -2.11. The second-order valence-electron chi connectivity index (χ2n) is 4.54. The first-order chi connectivity index (χ1) is 9.91. The maximum absolute atomic E-state index is 12.4. The molecule has 0 aliphatic heterocycles. The number of rotatable bonds is 5. The highest BCUT2D eigenvalue weighted by atomic mass is 19.3. The molecule has 0 radical (unpaired) electrons. The van der Waals surface area contributed by atoms with Crippen molar-refractivity contribution in [1.82, 2.24) is 15.0 Å². The molecule has 0 aliphatic rings. The Labute approximate surface area is 119 Å². The molecule has 0 amide bonds. The standard InChI is InChI=1S/C13H13F2N3O3/c1-7(2)11-10(12(19)20)16-17-18(11)8-5-3-4-6-9(8)21-13(14)15/h3-7,13H,1-2H3,(H,19,20). The van der Waals surface area contributed by atoms with Crippen LogP contribution >= 0.6 is 0 Å². The topological polar surface area (TPSA) is 77.2 Å². The number of carboxylic acid groups (broad SMARTS) is 1. The molecule has 2 rings (SSSR count). The average Bonchev–Trinajstić information content (AvgIpc) is 2.83. The fourth-order valence-electron chi connectivity index (χ4n) is 1.97. The normalized spacial score (nSPS) is 11.1. The molecule has 0 atom stereocenters. The van der Waals surface area contributed by atoms with E-state index in [9.17, 15) is 13.6 Å². The van der Waals surface area contributed by atoms with Gasteiger partial charge in [0, 0.05) is 0 Å². The van der Waals surface area contributed by atoms with Gasteiger partial charge in [0.05, 0.1) is 5.69 Å². The number of carbonyl (C=O) groups is 1. The minimum Gasteiger partial charge on any atom is -0.476 e. The van der Waals surface area contributed by atoms with E-state index in [-0.39, 0.29) is 23.0 Å². The van der Waals surface area contributed by atoms with Gasteiger partial charge in [-0.15, -0.1) is 5.10 Å². The number of benzene rings is 1. The van der Waals surface area contributed by atoms with Crippen LogP contribution < -0.4 is 4.74 Å². The lowest BCUT2D eigenvalue weighted by molar-refractivity contribution is -0.0499. The minimum absolute atomic E-state index is 0.101. The van der Waals surface area contributed by atoms with Crippen molar-refractivity contribution in [3.8, 4) is 11.4 Å². The van der Waals surface area contributed by atoms with Gasteiger partial charge in [0.1, 0.15) is 5.69 Å². The SMILES string of the molecule is CC(C)c1c(C(=O)O)nnn1-c1ccccc1OC(F)F. The summed E-state index contributed by atoms with van der Waals surface area (Å²) in [6.45, 7) is 0.535. The van der Waals surface area contributed by atoms with Crippen molar-refractivity contribution < 1.29 is 23.4 Å². The Morgan fingerprint density at radius 1 is 1.33 bits per heavy atom. The molecule has 1 aromatic heterocycles. The maximum atomic E-state index is 12.4. The summed E-state index contributed by atoms with van der Waals surface area (Å²) < 4.78 is 30.5. The molecule has 0 fully saturated rings. The molecule has 1 N–H and O–H groups in total. The summed E-state index contributed by atoms with van der Waals surface area (Å²) in [5.41, 5.74) is 0.311. The number of alkyl halides is 2. The van der Waals surface area contributed by atoms with Crippen LogP contribution in [0.15, 0.2) is 24.3 Å². The first-order valence-corrected chi connectivity index (χ1v) is 6.15. The van der Waals surface area contributed by atoms with Crippen LogP contribution in [0, 0.1) is 0 Å². The van der Waals surface area contributed by atoms with E-state index in [1.807, 2.05) is 0 Å². The number of nitrogens with zero attached hydrogens (tertiary/aromatic N) is 3. The summed E-state index contributed by atoms with van der Waals surface area (Å²) in [5.74, 6) is -1.54. The van der Waals surface area contributed by atoms with Gasteiger partial charge >= 0.3 is 12.6 Å². The van der Waals surface area contributed by atoms with Crippen LogP contribution in [-0.2, 0) is 0 Å². The third-order valence-electron chi connectivity index (χ3n) is 2.76. The molecule has 6 nitrogen and oxygen atoms in total. The summed E-state index contributed by atoms with van der Waals surface area (Å²) in [5, 5.41) is 16.5. The highest BCUT2D eigenvalue weighted by molar-refractivity contribution is 5.86.